The molecule has 1 amide bonds. The molecule has 0 heterocycles. The second-order valence-electron chi connectivity index (χ2n) is 5.95. The highest BCUT2D eigenvalue weighted by atomic mass is 35.5. The molecule has 0 radical (unpaired) electrons. The summed E-state index contributed by atoms with van der Waals surface area (Å²) in [5.74, 6) is -1.30. The van der Waals surface area contributed by atoms with Crippen molar-refractivity contribution in [3.05, 3.63) is 64.4 Å². The van der Waals surface area contributed by atoms with Gasteiger partial charge in [0.15, 0.2) is 0 Å². The lowest BCUT2D eigenvalue weighted by molar-refractivity contribution is 0.0743. The van der Waals surface area contributed by atoms with E-state index in [2.05, 4.69) is 4.72 Å². The first-order chi connectivity index (χ1) is 12.2. The van der Waals surface area contributed by atoms with Gasteiger partial charge in [0.1, 0.15) is 10.7 Å². The molecule has 2 aromatic rings. The Hall–Kier alpha value is -1.96. The Morgan fingerprint density at radius 1 is 1.23 bits per heavy atom. The van der Waals surface area contributed by atoms with Gasteiger partial charge in [0.2, 0.25) is 10.0 Å². The minimum atomic E-state index is -3.99. The molecule has 0 aliphatic carbocycles. The number of likely N-dealkylation sites (N-methyl/N-ethyl adjacent to an activating group) is 1. The fraction of sp³-hybridized carbons (Fsp3) is 0.278. The van der Waals surface area contributed by atoms with Gasteiger partial charge < -0.3 is 4.90 Å². The largest absolute Gasteiger partial charge is 0.339 e. The zero-order valence-corrected chi connectivity index (χ0v) is 16.2. The van der Waals surface area contributed by atoms with Crippen LogP contribution < -0.4 is 4.72 Å². The van der Waals surface area contributed by atoms with Crippen LogP contribution in [0.4, 0.5) is 4.39 Å². The van der Waals surface area contributed by atoms with Crippen molar-refractivity contribution >= 4 is 27.5 Å². The summed E-state index contributed by atoms with van der Waals surface area (Å²) in [6, 6.07) is 10.5. The summed E-state index contributed by atoms with van der Waals surface area (Å²) < 4.78 is 39.7. The molecule has 2 aromatic carbocycles. The molecular formula is C18H20ClFN2O3S. The van der Waals surface area contributed by atoms with Crippen LogP contribution in [0.2, 0.25) is 5.02 Å². The normalized spacial score (nSPS) is 12.7. The molecule has 0 aliphatic heterocycles. The van der Waals surface area contributed by atoms with Crippen LogP contribution >= 0.6 is 11.6 Å². The predicted molar refractivity (Wildman–Crippen MR) is 99.4 cm³/mol. The van der Waals surface area contributed by atoms with E-state index >= 15 is 0 Å². The minimum Gasteiger partial charge on any atom is -0.339 e. The van der Waals surface area contributed by atoms with Crippen molar-refractivity contribution in [3.63, 3.8) is 0 Å². The molecule has 2 rings (SSSR count). The Balaban J connectivity index is 2.22. The van der Waals surface area contributed by atoms with E-state index in [0.717, 1.165) is 17.7 Å². The summed E-state index contributed by atoms with van der Waals surface area (Å²) in [7, 11) is -1.18. The molecule has 0 unspecified atom stereocenters. The third kappa shape index (κ3) is 4.60. The minimum absolute atomic E-state index is 0.102. The van der Waals surface area contributed by atoms with Crippen molar-refractivity contribution in [2.75, 3.05) is 14.1 Å². The van der Waals surface area contributed by atoms with Crippen molar-refractivity contribution in [1.82, 2.24) is 9.62 Å². The molecule has 0 bridgehead atoms. The molecule has 1 atom stereocenters. The predicted octanol–water partition coefficient (Wildman–Crippen LogP) is 3.09. The second kappa shape index (κ2) is 8.16. The van der Waals surface area contributed by atoms with Gasteiger partial charge >= 0.3 is 0 Å². The first-order valence-corrected chi connectivity index (χ1v) is 9.76. The molecule has 0 aliphatic rings. The summed E-state index contributed by atoms with van der Waals surface area (Å²) in [4.78, 5) is 13.6. The van der Waals surface area contributed by atoms with E-state index in [1.807, 2.05) is 19.1 Å². The van der Waals surface area contributed by atoms with Gasteiger partial charge in [0.05, 0.1) is 0 Å². The number of hydrogen-bond donors (Lipinski definition) is 1. The highest BCUT2D eigenvalue weighted by molar-refractivity contribution is 7.89. The number of benzene rings is 2. The summed E-state index contributed by atoms with van der Waals surface area (Å²) in [6.07, 6.45) is 0.599. The molecule has 0 aromatic heterocycles. The third-order valence-corrected chi connectivity index (χ3v) is 5.84. The molecule has 0 saturated heterocycles. The Bertz CT molecular complexity index is 901. The van der Waals surface area contributed by atoms with Gasteiger partial charge in [0.25, 0.3) is 5.91 Å². The highest BCUT2D eigenvalue weighted by Gasteiger charge is 2.23. The number of amides is 1. The summed E-state index contributed by atoms with van der Waals surface area (Å²) in [5, 5.41) is 0.635. The fourth-order valence-corrected chi connectivity index (χ4v) is 3.41. The highest BCUT2D eigenvalue weighted by Crippen LogP contribution is 2.19. The van der Waals surface area contributed by atoms with Crippen molar-refractivity contribution in [2.24, 2.45) is 0 Å². The van der Waals surface area contributed by atoms with Crippen LogP contribution in [-0.4, -0.2) is 39.4 Å². The zero-order valence-electron chi connectivity index (χ0n) is 14.7. The van der Waals surface area contributed by atoms with Gasteiger partial charge in [-0.05, 0) is 56.3 Å². The topological polar surface area (TPSA) is 66.5 Å². The van der Waals surface area contributed by atoms with E-state index in [1.165, 1.54) is 18.0 Å². The van der Waals surface area contributed by atoms with Crippen LogP contribution in [0.5, 0.6) is 0 Å². The van der Waals surface area contributed by atoms with Crippen LogP contribution in [0, 0.1) is 5.82 Å². The lowest BCUT2D eigenvalue weighted by atomic mass is 10.1. The lowest BCUT2D eigenvalue weighted by Gasteiger charge is -2.25. The number of sulfonamides is 1. The van der Waals surface area contributed by atoms with E-state index in [9.17, 15) is 17.6 Å². The summed E-state index contributed by atoms with van der Waals surface area (Å²) >= 11 is 5.87. The second-order valence-corrected chi connectivity index (χ2v) is 8.24. The molecule has 8 heteroatoms. The van der Waals surface area contributed by atoms with Gasteiger partial charge in [0, 0.05) is 23.7 Å². The number of nitrogens with one attached hydrogen (secondary N) is 1. The summed E-state index contributed by atoms with van der Waals surface area (Å²) in [5.41, 5.74) is 1.12. The number of carbonyl (C=O) groups is 1. The Morgan fingerprint density at radius 3 is 2.42 bits per heavy atom. The van der Waals surface area contributed by atoms with Gasteiger partial charge in [-0.2, -0.15) is 0 Å². The van der Waals surface area contributed by atoms with Crippen molar-refractivity contribution in [3.8, 4) is 0 Å². The van der Waals surface area contributed by atoms with Gasteiger partial charge in [-0.15, -0.1) is 0 Å². The maximum atomic E-state index is 13.8. The van der Waals surface area contributed by atoms with Gasteiger partial charge in [-0.25, -0.2) is 17.5 Å². The SMILES string of the molecule is CNS(=O)(=O)c1cc(C(=O)N(C)[C@H](C)Cc2ccc(Cl)cc2)ccc1F. The molecule has 26 heavy (non-hydrogen) atoms. The Morgan fingerprint density at radius 2 is 1.85 bits per heavy atom. The smallest absolute Gasteiger partial charge is 0.253 e. The standard InChI is InChI=1S/C18H20ClFN2O3S/c1-12(10-13-4-7-15(19)8-5-13)22(3)18(23)14-6-9-16(20)17(11-14)26(24,25)21-2/h4-9,11-12,21H,10H2,1-3H3/t12-/m1/s1. The van der Waals surface area contributed by atoms with Crippen LogP contribution in [0.15, 0.2) is 47.4 Å². The van der Waals surface area contributed by atoms with Crippen LogP contribution in [0.25, 0.3) is 0 Å². The molecule has 140 valence electrons. The third-order valence-electron chi connectivity index (χ3n) is 4.16. The monoisotopic (exact) mass is 398 g/mol. The maximum Gasteiger partial charge on any atom is 0.253 e. The number of hydrogen-bond acceptors (Lipinski definition) is 3. The number of halogens is 2. The van der Waals surface area contributed by atoms with E-state index in [1.54, 1.807) is 19.2 Å². The average Bonchev–Trinajstić information content (AvgIpc) is 2.62. The quantitative estimate of drug-likeness (QED) is 0.813. The van der Waals surface area contributed by atoms with Crippen LogP contribution in [-0.2, 0) is 16.4 Å². The van der Waals surface area contributed by atoms with Gasteiger partial charge in [-0.1, -0.05) is 23.7 Å². The van der Waals surface area contributed by atoms with E-state index in [0.29, 0.717) is 11.4 Å². The summed E-state index contributed by atoms with van der Waals surface area (Å²) in [6.45, 7) is 1.88. The lowest BCUT2D eigenvalue weighted by Crippen LogP contribution is -2.36. The molecule has 0 saturated carbocycles. The van der Waals surface area contributed by atoms with Crippen LogP contribution in [0.1, 0.15) is 22.8 Å². The fourth-order valence-electron chi connectivity index (χ4n) is 2.45. The van der Waals surface area contributed by atoms with Crippen LogP contribution in [0.3, 0.4) is 0 Å². The molecule has 5 nitrogen and oxygen atoms in total. The number of nitrogens with zero attached hydrogens (tertiary/aromatic N) is 1. The molecular weight excluding hydrogens is 379 g/mol. The van der Waals surface area contributed by atoms with Crippen molar-refractivity contribution in [2.45, 2.75) is 24.3 Å². The van der Waals surface area contributed by atoms with E-state index in [4.69, 9.17) is 11.6 Å². The molecule has 0 spiro atoms. The zero-order chi connectivity index (χ0) is 19.5. The Labute approximate surface area is 157 Å². The number of carbonyl (C=O) groups excluding carboxylic acids is 1. The first-order valence-electron chi connectivity index (χ1n) is 7.90. The van der Waals surface area contributed by atoms with Crippen molar-refractivity contribution in [1.29, 1.82) is 0 Å². The maximum absolute atomic E-state index is 13.8. The van der Waals surface area contributed by atoms with E-state index < -0.39 is 20.7 Å². The number of rotatable bonds is 6. The molecule has 1 N–H and O–H groups in total. The Kier molecular flexibility index (Phi) is 6.39. The van der Waals surface area contributed by atoms with Gasteiger partial charge in [-0.3, -0.25) is 4.79 Å². The first kappa shape index (κ1) is 20.4. The average molecular weight is 399 g/mol. The van der Waals surface area contributed by atoms with Crippen molar-refractivity contribution < 1.29 is 17.6 Å². The molecule has 0 fully saturated rings. The van der Waals surface area contributed by atoms with E-state index in [-0.39, 0.29) is 17.5 Å².